The topological polar surface area (TPSA) is 47.0 Å². The number of aliphatic hydroxyl groups is 1. The Bertz CT molecular complexity index is 619. The van der Waals surface area contributed by atoms with Gasteiger partial charge in [0.15, 0.2) is 0 Å². The van der Waals surface area contributed by atoms with Gasteiger partial charge in [-0.2, -0.15) is 0 Å². The number of rotatable bonds is 5. The van der Waals surface area contributed by atoms with Crippen molar-refractivity contribution in [3.63, 3.8) is 0 Å². The number of carbonyl (C=O) groups excluding carboxylic acids is 1. The van der Waals surface area contributed by atoms with Crippen LogP contribution in [0.15, 0.2) is 36.4 Å². The van der Waals surface area contributed by atoms with Crippen LogP contribution in [-0.4, -0.2) is 84.2 Å². The first-order valence-electron chi connectivity index (χ1n) is 9.67. The van der Waals surface area contributed by atoms with E-state index in [9.17, 15) is 9.90 Å². The molecule has 0 aliphatic carbocycles. The zero-order chi connectivity index (χ0) is 18.4. The maximum Gasteiger partial charge on any atom is 0.222 e. The highest BCUT2D eigenvalue weighted by Gasteiger charge is 2.41. The fourth-order valence-corrected chi connectivity index (χ4v) is 4.19. The average Bonchev–Trinajstić information content (AvgIpc) is 2.81. The van der Waals surface area contributed by atoms with Gasteiger partial charge in [-0.1, -0.05) is 42.5 Å². The zero-order valence-corrected chi connectivity index (χ0v) is 15.8. The normalized spacial score (nSPS) is 25.9. The molecule has 1 N–H and O–H groups in total. The summed E-state index contributed by atoms with van der Waals surface area (Å²) in [5, 5.41) is 9.19. The summed E-state index contributed by atoms with van der Waals surface area (Å²) >= 11 is 0. The van der Waals surface area contributed by atoms with Crippen molar-refractivity contribution in [1.82, 2.24) is 14.7 Å². The molecule has 26 heavy (non-hydrogen) atoms. The molecule has 142 valence electrons. The lowest BCUT2D eigenvalue weighted by molar-refractivity contribution is -0.131. The van der Waals surface area contributed by atoms with Gasteiger partial charge in [0, 0.05) is 51.2 Å². The van der Waals surface area contributed by atoms with E-state index < -0.39 is 0 Å². The highest BCUT2D eigenvalue weighted by atomic mass is 16.3. The summed E-state index contributed by atoms with van der Waals surface area (Å²) in [6.45, 7) is 5.30. The summed E-state index contributed by atoms with van der Waals surface area (Å²) in [7, 11) is 2.20. The minimum absolute atomic E-state index is 0.0466. The zero-order valence-electron chi connectivity index (χ0n) is 15.8. The Kier molecular flexibility index (Phi) is 6.46. The van der Waals surface area contributed by atoms with Gasteiger partial charge in [-0.15, -0.1) is 0 Å². The van der Waals surface area contributed by atoms with E-state index in [1.807, 2.05) is 11.0 Å². The fourth-order valence-electron chi connectivity index (χ4n) is 4.19. The third kappa shape index (κ3) is 4.53. The largest absolute Gasteiger partial charge is 0.395 e. The predicted molar refractivity (Wildman–Crippen MR) is 105 cm³/mol. The fraction of sp³-hybridized carbons (Fsp3) is 0.571. The molecule has 0 saturated carbocycles. The minimum atomic E-state index is 0.0466. The third-order valence-corrected chi connectivity index (χ3v) is 5.93. The molecule has 1 aromatic carbocycles. The average molecular weight is 357 g/mol. The molecule has 3 rings (SSSR count). The van der Waals surface area contributed by atoms with Crippen molar-refractivity contribution < 1.29 is 9.90 Å². The first kappa shape index (κ1) is 19.1. The molecule has 2 fully saturated rings. The van der Waals surface area contributed by atoms with Crippen molar-refractivity contribution in [2.24, 2.45) is 0 Å². The Morgan fingerprint density at radius 2 is 1.96 bits per heavy atom. The first-order chi connectivity index (χ1) is 12.6. The van der Waals surface area contributed by atoms with Gasteiger partial charge in [-0.25, -0.2) is 0 Å². The highest BCUT2D eigenvalue weighted by molar-refractivity contribution is 5.76. The van der Waals surface area contributed by atoms with Crippen molar-refractivity contribution in [2.75, 3.05) is 52.9 Å². The number of likely N-dealkylation sites (N-methyl/N-ethyl adjacent to an activating group) is 1. The Labute approximate surface area is 156 Å². The Hall–Kier alpha value is -1.69. The Morgan fingerprint density at radius 3 is 2.73 bits per heavy atom. The number of aliphatic hydroxyl groups excluding tert-OH is 1. The highest BCUT2D eigenvalue weighted by Crippen LogP contribution is 2.32. The molecule has 1 amide bonds. The standard InChI is InChI=1S/C21H31N3O2/c1-22-14-15-23(12-5-8-19-6-3-2-4-7-19)18-21(22)10-9-20(26)24(13-11-21)16-17-25/h2-8,25H,9-18H2,1H3. The molecule has 1 atom stereocenters. The number of β-amino-alcohol motifs (C(OH)–C–C–N with tert-alkyl or cyclic N) is 1. The molecule has 5 heteroatoms. The molecule has 0 bridgehead atoms. The van der Waals surface area contributed by atoms with Gasteiger partial charge in [-0.05, 0) is 25.5 Å². The van der Waals surface area contributed by atoms with E-state index in [1.54, 1.807) is 0 Å². The van der Waals surface area contributed by atoms with Crippen LogP contribution in [0, 0.1) is 0 Å². The van der Waals surface area contributed by atoms with Gasteiger partial charge in [0.05, 0.1) is 6.61 Å². The molecule has 0 radical (unpaired) electrons. The number of likely N-dealkylation sites (tertiary alicyclic amines) is 1. The lowest BCUT2D eigenvalue weighted by Crippen LogP contribution is -2.61. The number of hydrogen-bond donors (Lipinski definition) is 1. The summed E-state index contributed by atoms with van der Waals surface area (Å²) in [4.78, 5) is 19.1. The van der Waals surface area contributed by atoms with Crippen LogP contribution in [0.3, 0.4) is 0 Å². The molecular weight excluding hydrogens is 326 g/mol. The summed E-state index contributed by atoms with van der Waals surface area (Å²) in [6, 6.07) is 10.4. The number of benzene rings is 1. The molecular formula is C21H31N3O2. The molecule has 1 unspecified atom stereocenters. The Balaban J connectivity index is 1.62. The SMILES string of the molecule is CN1CCN(CC=Cc2ccccc2)CC12CCC(=O)N(CCO)CC2. The minimum Gasteiger partial charge on any atom is -0.395 e. The van der Waals surface area contributed by atoms with Crippen LogP contribution in [0.2, 0.25) is 0 Å². The van der Waals surface area contributed by atoms with Crippen LogP contribution in [0.1, 0.15) is 24.8 Å². The van der Waals surface area contributed by atoms with Crippen molar-refractivity contribution in [3.05, 3.63) is 42.0 Å². The number of amides is 1. The molecule has 0 aromatic heterocycles. The van der Waals surface area contributed by atoms with Gasteiger partial charge in [0.2, 0.25) is 5.91 Å². The maximum atomic E-state index is 12.3. The number of piperazine rings is 1. The molecule has 2 saturated heterocycles. The van der Waals surface area contributed by atoms with E-state index in [-0.39, 0.29) is 18.1 Å². The van der Waals surface area contributed by atoms with Gasteiger partial charge < -0.3 is 10.0 Å². The Morgan fingerprint density at radius 1 is 1.15 bits per heavy atom. The summed E-state index contributed by atoms with van der Waals surface area (Å²) in [5.74, 6) is 0.186. The number of hydrogen-bond acceptors (Lipinski definition) is 4. The van der Waals surface area contributed by atoms with Gasteiger partial charge in [0.1, 0.15) is 0 Å². The smallest absolute Gasteiger partial charge is 0.222 e. The molecule has 1 aromatic rings. The van der Waals surface area contributed by atoms with E-state index in [1.165, 1.54) is 5.56 Å². The second kappa shape index (κ2) is 8.80. The summed E-state index contributed by atoms with van der Waals surface area (Å²) < 4.78 is 0. The van der Waals surface area contributed by atoms with Crippen LogP contribution in [-0.2, 0) is 4.79 Å². The lowest BCUT2D eigenvalue weighted by atomic mass is 9.86. The van der Waals surface area contributed by atoms with E-state index in [0.717, 1.165) is 45.6 Å². The molecule has 2 aliphatic rings. The number of nitrogens with zero attached hydrogens (tertiary/aromatic N) is 3. The van der Waals surface area contributed by atoms with Gasteiger partial charge in [0.25, 0.3) is 0 Å². The monoisotopic (exact) mass is 357 g/mol. The second-order valence-corrected chi connectivity index (χ2v) is 7.55. The van der Waals surface area contributed by atoms with Crippen molar-refractivity contribution in [2.45, 2.75) is 24.8 Å². The maximum absolute atomic E-state index is 12.3. The predicted octanol–water partition coefficient (Wildman–Crippen LogP) is 1.69. The summed E-state index contributed by atoms with van der Waals surface area (Å²) in [5.41, 5.74) is 1.30. The molecule has 1 spiro atoms. The van der Waals surface area contributed by atoms with Crippen LogP contribution in [0.5, 0.6) is 0 Å². The first-order valence-corrected chi connectivity index (χ1v) is 9.67. The number of carbonyl (C=O) groups is 1. The van der Waals surface area contributed by atoms with Crippen molar-refractivity contribution in [3.8, 4) is 0 Å². The molecule has 2 aliphatic heterocycles. The lowest BCUT2D eigenvalue weighted by Gasteiger charge is -2.49. The van der Waals surface area contributed by atoms with E-state index in [4.69, 9.17) is 0 Å². The molecule has 5 nitrogen and oxygen atoms in total. The van der Waals surface area contributed by atoms with Crippen LogP contribution in [0.4, 0.5) is 0 Å². The third-order valence-electron chi connectivity index (χ3n) is 5.93. The van der Waals surface area contributed by atoms with Crippen LogP contribution >= 0.6 is 0 Å². The van der Waals surface area contributed by atoms with E-state index in [0.29, 0.717) is 13.0 Å². The van der Waals surface area contributed by atoms with Gasteiger partial charge in [-0.3, -0.25) is 14.6 Å². The van der Waals surface area contributed by atoms with E-state index in [2.05, 4.69) is 53.3 Å². The summed E-state index contributed by atoms with van der Waals surface area (Å²) in [6.07, 6.45) is 6.90. The quantitative estimate of drug-likeness (QED) is 0.871. The van der Waals surface area contributed by atoms with Gasteiger partial charge >= 0.3 is 0 Å². The van der Waals surface area contributed by atoms with Crippen molar-refractivity contribution in [1.29, 1.82) is 0 Å². The molecule has 2 heterocycles. The van der Waals surface area contributed by atoms with E-state index >= 15 is 0 Å². The second-order valence-electron chi connectivity index (χ2n) is 7.55. The van der Waals surface area contributed by atoms with Crippen LogP contribution in [0.25, 0.3) is 6.08 Å². The van der Waals surface area contributed by atoms with Crippen molar-refractivity contribution >= 4 is 12.0 Å². The van der Waals surface area contributed by atoms with Crippen LogP contribution < -0.4 is 0 Å².